The third-order valence-corrected chi connectivity index (χ3v) is 3.90. The van der Waals surface area contributed by atoms with Gasteiger partial charge >= 0.3 is 0 Å². The minimum Gasteiger partial charge on any atom is -0.339 e. The van der Waals surface area contributed by atoms with E-state index in [1.807, 2.05) is 38.3 Å². The molecule has 3 aromatic rings. The van der Waals surface area contributed by atoms with E-state index in [1.54, 1.807) is 22.1 Å². The van der Waals surface area contributed by atoms with Crippen LogP contribution in [0.1, 0.15) is 32.5 Å². The zero-order valence-electron chi connectivity index (χ0n) is 11.6. The number of hydrogen-bond acceptors (Lipinski definition) is 5. The van der Waals surface area contributed by atoms with Crippen LogP contribution in [0, 0.1) is 0 Å². The molecule has 0 radical (unpaired) electrons. The van der Waals surface area contributed by atoms with Gasteiger partial charge in [-0.1, -0.05) is 25.9 Å². The molecule has 3 rings (SSSR count). The molecular weight excluding hydrogens is 274 g/mol. The molecule has 0 aliphatic heterocycles. The Morgan fingerprint density at radius 3 is 2.85 bits per heavy atom. The van der Waals surface area contributed by atoms with Gasteiger partial charge in [0.25, 0.3) is 5.56 Å². The summed E-state index contributed by atoms with van der Waals surface area (Å²) in [5, 5.41) is 6.60. The van der Waals surface area contributed by atoms with E-state index in [-0.39, 0.29) is 11.0 Å². The fourth-order valence-corrected chi connectivity index (χ4v) is 2.68. The SMILES string of the molecule is CC(C)(C)c1nc(Cn2ccc3sccc3c2=O)no1. The van der Waals surface area contributed by atoms with Crippen LogP contribution in [0.15, 0.2) is 33.0 Å². The largest absolute Gasteiger partial charge is 0.339 e. The quantitative estimate of drug-likeness (QED) is 0.728. The van der Waals surface area contributed by atoms with Crippen LogP contribution in [0.3, 0.4) is 0 Å². The second kappa shape index (κ2) is 4.56. The van der Waals surface area contributed by atoms with E-state index in [2.05, 4.69) is 10.1 Å². The first kappa shape index (κ1) is 13.1. The van der Waals surface area contributed by atoms with Crippen molar-refractivity contribution in [1.29, 1.82) is 0 Å². The van der Waals surface area contributed by atoms with Crippen molar-refractivity contribution in [2.45, 2.75) is 32.7 Å². The Hall–Kier alpha value is -1.95. The Labute approximate surface area is 119 Å². The van der Waals surface area contributed by atoms with E-state index in [0.717, 1.165) is 10.1 Å². The Morgan fingerprint density at radius 1 is 1.35 bits per heavy atom. The molecule has 0 aliphatic rings. The number of hydrogen-bond donors (Lipinski definition) is 0. The fraction of sp³-hybridized carbons (Fsp3) is 0.357. The van der Waals surface area contributed by atoms with Crippen LogP contribution in [0.2, 0.25) is 0 Å². The van der Waals surface area contributed by atoms with Crippen molar-refractivity contribution in [1.82, 2.24) is 14.7 Å². The normalized spacial score (nSPS) is 12.2. The van der Waals surface area contributed by atoms with Gasteiger partial charge in [-0.25, -0.2) is 0 Å². The molecule has 0 aromatic carbocycles. The highest BCUT2D eigenvalue weighted by molar-refractivity contribution is 7.17. The van der Waals surface area contributed by atoms with Gasteiger partial charge in [0.2, 0.25) is 5.89 Å². The molecule has 3 heterocycles. The van der Waals surface area contributed by atoms with Crippen LogP contribution in [-0.4, -0.2) is 14.7 Å². The number of rotatable bonds is 2. The maximum absolute atomic E-state index is 12.3. The van der Waals surface area contributed by atoms with Gasteiger partial charge in [-0.05, 0) is 17.5 Å². The molecule has 6 heteroatoms. The summed E-state index contributed by atoms with van der Waals surface area (Å²) < 4.78 is 7.84. The number of nitrogens with zero attached hydrogens (tertiary/aromatic N) is 3. The van der Waals surface area contributed by atoms with Gasteiger partial charge in [-0.15, -0.1) is 11.3 Å². The maximum Gasteiger partial charge on any atom is 0.259 e. The Kier molecular flexibility index (Phi) is 2.97. The molecule has 0 saturated heterocycles. The van der Waals surface area contributed by atoms with Crippen LogP contribution in [0.4, 0.5) is 0 Å². The second-order valence-corrected chi connectivity index (χ2v) is 6.66. The van der Waals surface area contributed by atoms with Crippen molar-refractivity contribution in [3.05, 3.63) is 45.8 Å². The molecule has 104 valence electrons. The zero-order valence-corrected chi connectivity index (χ0v) is 12.4. The smallest absolute Gasteiger partial charge is 0.259 e. The van der Waals surface area contributed by atoms with E-state index < -0.39 is 0 Å². The Morgan fingerprint density at radius 2 is 2.15 bits per heavy atom. The molecule has 5 nitrogen and oxygen atoms in total. The first-order chi connectivity index (χ1) is 9.45. The summed E-state index contributed by atoms with van der Waals surface area (Å²) in [6.07, 6.45) is 1.77. The van der Waals surface area contributed by atoms with Crippen molar-refractivity contribution in [2.24, 2.45) is 0 Å². The molecule has 0 aliphatic carbocycles. The molecule has 0 saturated carbocycles. The van der Waals surface area contributed by atoms with Gasteiger partial charge in [-0.2, -0.15) is 4.98 Å². The average molecular weight is 289 g/mol. The van der Waals surface area contributed by atoms with E-state index in [0.29, 0.717) is 18.3 Å². The first-order valence-electron chi connectivity index (χ1n) is 6.35. The van der Waals surface area contributed by atoms with Crippen molar-refractivity contribution >= 4 is 21.4 Å². The van der Waals surface area contributed by atoms with Gasteiger partial charge in [0.1, 0.15) is 0 Å². The van der Waals surface area contributed by atoms with E-state index in [9.17, 15) is 4.79 Å². The molecule has 0 unspecified atom stereocenters. The lowest BCUT2D eigenvalue weighted by Crippen LogP contribution is -2.20. The first-order valence-corrected chi connectivity index (χ1v) is 7.23. The highest BCUT2D eigenvalue weighted by Crippen LogP contribution is 2.20. The average Bonchev–Trinajstić information content (AvgIpc) is 3.01. The van der Waals surface area contributed by atoms with E-state index in [1.165, 1.54) is 0 Å². The highest BCUT2D eigenvalue weighted by Gasteiger charge is 2.21. The van der Waals surface area contributed by atoms with Crippen LogP contribution in [0.5, 0.6) is 0 Å². The predicted molar refractivity (Wildman–Crippen MR) is 78.2 cm³/mol. The summed E-state index contributed by atoms with van der Waals surface area (Å²) in [4.78, 5) is 16.6. The minimum atomic E-state index is -0.187. The third-order valence-electron chi connectivity index (χ3n) is 3.01. The minimum absolute atomic E-state index is 0.0224. The maximum atomic E-state index is 12.3. The number of thiophene rings is 1. The van der Waals surface area contributed by atoms with E-state index in [4.69, 9.17) is 4.52 Å². The molecule has 0 bridgehead atoms. The Bertz CT molecular complexity index is 808. The van der Waals surface area contributed by atoms with Crippen LogP contribution < -0.4 is 5.56 Å². The molecule has 3 aromatic heterocycles. The summed E-state index contributed by atoms with van der Waals surface area (Å²) in [5.41, 5.74) is -0.209. The molecule has 0 fully saturated rings. The van der Waals surface area contributed by atoms with Gasteiger partial charge in [0.05, 0.1) is 11.9 Å². The van der Waals surface area contributed by atoms with Crippen molar-refractivity contribution in [2.75, 3.05) is 0 Å². The van der Waals surface area contributed by atoms with Crippen LogP contribution in [0.25, 0.3) is 10.1 Å². The summed E-state index contributed by atoms with van der Waals surface area (Å²) >= 11 is 1.56. The summed E-state index contributed by atoms with van der Waals surface area (Å²) in [7, 11) is 0. The number of aromatic nitrogens is 3. The van der Waals surface area contributed by atoms with Gasteiger partial charge in [0.15, 0.2) is 5.82 Å². The predicted octanol–water partition coefficient (Wildman–Crippen LogP) is 2.79. The lowest BCUT2D eigenvalue weighted by Gasteiger charge is -2.10. The summed E-state index contributed by atoms with van der Waals surface area (Å²) in [6.45, 7) is 6.35. The molecule has 0 spiro atoms. The standard InChI is InChI=1S/C14H15N3O2S/c1-14(2,3)13-15-11(16-19-13)8-17-6-4-10-9(12(17)18)5-7-20-10/h4-7H,8H2,1-3H3. The monoisotopic (exact) mass is 289 g/mol. The van der Waals surface area contributed by atoms with E-state index >= 15 is 0 Å². The van der Waals surface area contributed by atoms with Crippen molar-refractivity contribution in [3.8, 4) is 0 Å². The van der Waals surface area contributed by atoms with Crippen molar-refractivity contribution < 1.29 is 4.52 Å². The molecule has 0 N–H and O–H groups in total. The third kappa shape index (κ3) is 2.27. The zero-order chi connectivity index (χ0) is 14.3. The van der Waals surface area contributed by atoms with Gasteiger partial charge < -0.3 is 9.09 Å². The fourth-order valence-electron chi connectivity index (χ4n) is 1.91. The highest BCUT2D eigenvalue weighted by atomic mass is 32.1. The summed E-state index contributed by atoms with van der Waals surface area (Å²) in [6, 6.07) is 3.78. The summed E-state index contributed by atoms with van der Waals surface area (Å²) in [5.74, 6) is 1.10. The second-order valence-electron chi connectivity index (χ2n) is 5.71. The number of fused-ring (bicyclic) bond motifs is 1. The van der Waals surface area contributed by atoms with Gasteiger partial charge in [0, 0.05) is 16.3 Å². The number of pyridine rings is 1. The van der Waals surface area contributed by atoms with Crippen LogP contribution in [-0.2, 0) is 12.0 Å². The van der Waals surface area contributed by atoms with Crippen LogP contribution >= 0.6 is 11.3 Å². The molecule has 20 heavy (non-hydrogen) atoms. The molecular formula is C14H15N3O2S. The lowest BCUT2D eigenvalue weighted by atomic mass is 9.97. The molecule has 0 amide bonds. The lowest BCUT2D eigenvalue weighted by molar-refractivity contribution is 0.318. The Balaban J connectivity index is 1.95. The topological polar surface area (TPSA) is 60.9 Å². The molecule has 0 atom stereocenters. The van der Waals surface area contributed by atoms with Crippen molar-refractivity contribution in [3.63, 3.8) is 0 Å². The van der Waals surface area contributed by atoms with Gasteiger partial charge in [-0.3, -0.25) is 4.79 Å².